The lowest BCUT2D eigenvalue weighted by atomic mass is 10.1. The van der Waals surface area contributed by atoms with Gasteiger partial charge in [0, 0.05) is 11.8 Å². The van der Waals surface area contributed by atoms with Crippen LogP contribution in [-0.2, 0) is 10.0 Å². The molecule has 0 spiro atoms. The number of rotatable bonds is 3. The van der Waals surface area contributed by atoms with Crippen LogP contribution in [0.1, 0.15) is 16.8 Å². The molecule has 0 fully saturated rings. The Kier molecular flexibility index (Phi) is 4.09. The predicted octanol–water partition coefficient (Wildman–Crippen LogP) is 4.14. The van der Waals surface area contributed by atoms with Gasteiger partial charge in [-0.3, -0.25) is 9.29 Å². The second kappa shape index (κ2) is 6.42. The van der Waals surface area contributed by atoms with Gasteiger partial charge in [-0.15, -0.1) is 0 Å². The molecule has 130 valence electrons. The van der Waals surface area contributed by atoms with E-state index in [0.717, 1.165) is 22.4 Å². The zero-order valence-electron chi connectivity index (χ0n) is 14.3. The van der Waals surface area contributed by atoms with Crippen molar-refractivity contribution in [2.24, 2.45) is 0 Å². The van der Waals surface area contributed by atoms with Gasteiger partial charge in [-0.05, 0) is 48.9 Å². The number of anilines is 1. The summed E-state index contributed by atoms with van der Waals surface area (Å²) >= 11 is 0. The van der Waals surface area contributed by atoms with E-state index in [1.54, 1.807) is 18.3 Å². The van der Waals surface area contributed by atoms with Crippen LogP contribution in [0.4, 0.5) is 5.69 Å². The molecule has 26 heavy (non-hydrogen) atoms. The summed E-state index contributed by atoms with van der Waals surface area (Å²) in [6.45, 7) is 2.24. The van der Waals surface area contributed by atoms with Gasteiger partial charge in [0.1, 0.15) is 0 Å². The van der Waals surface area contributed by atoms with Crippen molar-refractivity contribution < 1.29 is 8.42 Å². The van der Waals surface area contributed by atoms with E-state index in [-0.39, 0.29) is 0 Å². The fourth-order valence-corrected chi connectivity index (χ4v) is 4.56. The summed E-state index contributed by atoms with van der Waals surface area (Å²) in [5, 5.41) is 0. The lowest BCUT2D eigenvalue weighted by molar-refractivity contribution is 0.593. The van der Waals surface area contributed by atoms with Gasteiger partial charge in [0.15, 0.2) is 0 Å². The molecule has 0 unspecified atom stereocenters. The molecule has 1 aromatic heterocycles. The molecule has 0 amide bonds. The summed E-state index contributed by atoms with van der Waals surface area (Å²) in [5.41, 5.74) is 4.41. The highest BCUT2D eigenvalue weighted by atomic mass is 32.2. The predicted molar refractivity (Wildman–Crippen MR) is 104 cm³/mol. The van der Waals surface area contributed by atoms with E-state index < -0.39 is 10.0 Å². The molecular weight excluding hydrogens is 344 g/mol. The highest BCUT2D eigenvalue weighted by molar-refractivity contribution is 7.92. The van der Waals surface area contributed by atoms with Gasteiger partial charge in [0.05, 0.1) is 22.8 Å². The Morgan fingerprint density at radius 2 is 1.69 bits per heavy atom. The van der Waals surface area contributed by atoms with Gasteiger partial charge in [-0.25, -0.2) is 8.42 Å². The molecule has 4 nitrogen and oxygen atoms in total. The Morgan fingerprint density at radius 3 is 2.42 bits per heavy atom. The lowest BCUT2D eigenvalue weighted by Gasteiger charge is -2.19. The van der Waals surface area contributed by atoms with Crippen molar-refractivity contribution in [1.29, 1.82) is 0 Å². The molecule has 0 atom stereocenters. The number of hydrogen-bond donors (Lipinski definition) is 0. The molecule has 2 aromatic carbocycles. The van der Waals surface area contributed by atoms with E-state index >= 15 is 0 Å². The van der Waals surface area contributed by atoms with Crippen molar-refractivity contribution >= 4 is 27.4 Å². The smallest absolute Gasteiger partial charge is 0.261 e. The van der Waals surface area contributed by atoms with Gasteiger partial charge < -0.3 is 0 Å². The second-order valence-electron chi connectivity index (χ2n) is 6.27. The number of aromatic nitrogens is 1. The van der Waals surface area contributed by atoms with Crippen LogP contribution in [0.3, 0.4) is 0 Å². The van der Waals surface area contributed by atoms with Crippen molar-refractivity contribution in [3.05, 3.63) is 89.7 Å². The van der Waals surface area contributed by atoms with Gasteiger partial charge in [-0.2, -0.15) is 0 Å². The zero-order chi connectivity index (χ0) is 18.1. The number of nitrogens with zero attached hydrogens (tertiary/aromatic N) is 2. The van der Waals surface area contributed by atoms with Crippen molar-refractivity contribution in [2.45, 2.75) is 11.8 Å². The Balaban J connectivity index is 1.79. The van der Waals surface area contributed by atoms with E-state index in [1.165, 1.54) is 4.31 Å². The number of para-hydroxylation sites is 1. The van der Waals surface area contributed by atoms with E-state index in [2.05, 4.69) is 4.98 Å². The van der Waals surface area contributed by atoms with Crippen LogP contribution < -0.4 is 4.31 Å². The summed E-state index contributed by atoms with van der Waals surface area (Å²) in [5.74, 6) is 0. The van der Waals surface area contributed by atoms with Crippen LogP contribution in [0, 0.1) is 6.92 Å². The maximum atomic E-state index is 13.2. The molecular formula is C21H18N2O2S. The molecule has 4 rings (SSSR count). The summed E-state index contributed by atoms with van der Waals surface area (Å²) < 4.78 is 27.9. The number of fused-ring (bicyclic) bond motifs is 1. The standard InChI is InChI=1S/C21H18N2O2S/c1-16-9-11-19(12-10-16)26(24,25)23-15-17(14-18-6-4-5-13-22-18)20-7-2-3-8-21(20)23/h2-14H,15H2,1H3/b17-14-. The van der Waals surface area contributed by atoms with Crippen LogP contribution in [0.25, 0.3) is 11.6 Å². The zero-order valence-corrected chi connectivity index (χ0v) is 15.1. The maximum Gasteiger partial charge on any atom is 0.264 e. The third-order valence-electron chi connectivity index (χ3n) is 4.45. The Morgan fingerprint density at radius 1 is 0.962 bits per heavy atom. The molecule has 3 aromatic rings. The molecule has 0 radical (unpaired) electrons. The summed E-state index contributed by atoms with van der Waals surface area (Å²) in [7, 11) is -3.62. The highest BCUT2D eigenvalue weighted by Crippen LogP contribution is 2.39. The largest absolute Gasteiger partial charge is 0.264 e. The molecule has 0 saturated heterocycles. The number of aryl methyl sites for hydroxylation is 1. The number of pyridine rings is 1. The summed E-state index contributed by atoms with van der Waals surface area (Å²) in [6.07, 6.45) is 3.68. The SMILES string of the molecule is Cc1ccc(S(=O)(=O)N2C/C(=C/c3ccccn3)c3ccccc32)cc1. The fraction of sp³-hybridized carbons (Fsp3) is 0.0952. The lowest BCUT2D eigenvalue weighted by Crippen LogP contribution is -2.28. The average Bonchev–Trinajstić information content (AvgIpc) is 3.02. The van der Waals surface area contributed by atoms with E-state index in [1.807, 2.05) is 67.6 Å². The van der Waals surface area contributed by atoms with Crippen molar-refractivity contribution in [3.63, 3.8) is 0 Å². The molecule has 0 aliphatic carbocycles. The van der Waals surface area contributed by atoms with Gasteiger partial charge in [-0.1, -0.05) is 42.0 Å². The van der Waals surface area contributed by atoms with Crippen LogP contribution >= 0.6 is 0 Å². The Bertz CT molecular complexity index is 1070. The molecule has 2 heterocycles. The third kappa shape index (κ3) is 2.91. The quantitative estimate of drug-likeness (QED) is 0.704. The van der Waals surface area contributed by atoms with E-state index in [9.17, 15) is 8.42 Å². The van der Waals surface area contributed by atoms with E-state index in [0.29, 0.717) is 17.1 Å². The Labute approximate surface area is 153 Å². The molecule has 1 aliphatic rings. The van der Waals surface area contributed by atoms with Gasteiger partial charge in [0.25, 0.3) is 10.0 Å². The van der Waals surface area contributed by atoms with Gasteiger partial charge in [0.2, 0.25) is 0 Å². The first-order valence-corrected chi connectivity index (χ1v) is 9.80. The first-order chi connectivity index (χ1) is 12.6. The normalized spacial score (nSPS) is 15.3. The van der Waals surface area contributed by atoms with Crippen LogP contribution in [0.5, 0.6) is 0 Å². The third-order valence-corrected chi connectivity index (χ3v) is 6.23. The van der Waals surface area contributed by atoms with Gasteiger partial charge >= 0.3 is 0 Å². The minimum absolute atomic E-state index is 0.298. The van der Waals surface area contributed by atoms with Crippen molar-refractivity contribution in [2.75, 3.05) is 10.8 Å². The molecule has 0 saturated carbocycles. The highest BCUT2D eigenvalue weighted by Gasteiger charge is 2.33. The Hall–Kier alpha value is -2.92. The topological polar surface area (TPSA) is 50.3 Å². The first-order valence-electron chi connectivity index (χ1n) is 8.36. The van der Waals surface area contributed by atoms with Crippen LogP contribution in [0.15, 0.2) is 77.8 Å². The molecule has 1 aliphatic heterocycles. The second-order valence-corrected chi connectivity index (χ2v) is 8.13. The van der Waals surface area contributed by atoms with Crippen molar-refractivity contribution in [3.8, 4) is 0 Å². The fourth-order valence-electron chi connectivity index (χ4n) is 3.10. The first kappa shape index (κ1) is 16.5. The molecule has 0 bridgehead atoms. The molecule has 5 heteroatoms. The van der Waals surface area contributed by atoms with Crippen molar-refractivity contribution in [1.82, 2.24) is 4.98 Å². The number of benzene rings is 2. The minimum atomic E-state index is -3.62. The number of sulfonamides is 1. The average molecular weight is 362 g/mol. The van der Waals surface area contributed by atoms with Crippen LogP contribution in [-0.4, -0.2) is 19.9 Å². The minimum Gasteiger partial charge on any atom is -0.261 e. The monoisotopic (exact) mass is 362 g/mol. The summed E-state index contributed by atoms with van der Waals surface area (Å²) in [6, 6.07) is 20.2. The van der Waals surface area contributed by atoms with E-state index in [4.69, 9.17) is 0 Å². The summed E-state index contributed by atoms with van der Waals surface area (Å²) in [4.78, 5) is 4.63. The number of hydrogen-bond acceptors (Lipinski definition) is 3. The maximum absolute atomic E-state index is 13.2. The molecule has 0 N–H and O–H groups in total. The van der Waals surface area contributed by atoms with Crippen LogP contribution in [0.2, 0.25) is 0 Å².